The Kier molecular flexibility index (Phi) is 5.03. The van der Waals surface area contributed by atoms with Gasteiger partial charge in [0.2, 0.25) is 5.96 Å². The highest BCUT2D eigenvalue weighted by molar-refractivity contribution is 6.07. The number of para-hydroxylation sites is 1. The number of benzene rings is 2. The van der Waals surface area contributed by atoms with Crippen molar-refractivity contribution >= 4 is 17.6 Å². The summed E-state index contributed by atoms with van der Waals surface area (Å²) in [6.07, 6.45) is 0. The molecule has 2 heterocycles. The molecular weight excluding hydrogens is 355 g/mol. The second kappa shape index (κ2) is 7.62. The molecule has 1 amide bonds. The van der Waals surface area contributed by atoms with Gasteiger partial charge in [0.05, 0.1) is 12.2 Å². The van der Waals surface area contributed by atoms with E-state index in [1.54, 1.807) is 11.0 Å². The molecule has 146 valence electrons. The molecule has 1 fully saturated rings. The highest BCUT2D eigenvalue weighted by Crippen LogP contribution is 2.22. The van der Waals surface area contributed by atoms with E-state index in [2.05, 4.69) is 14.8 Å². The van der Waals surface area contributed by atoms with E-state index in [9.17, 15) is 9.18 Å². The number of carbonyl (C=O) groups excluding carboxylic acids is 1. The predicted molar refractivity (Wildman–Crippen MR) is 109 cm³/mol. The summed E-state index contributed by atoms with van der Waals surface area (Å²) in [6.45, 7) is 8.05. The van der Waals surface area contributed by atoms with Crippen molar-refractivity contribution in [2.45, 2.75) is 13.8 Å². The van der Waals surface area contributed by atoms with Crippen LogP contribution in [0.25, 0.3) is 0 Å². The van der Waals surface area contributed by atoms with E-state index in [1.807, 2.05) is 44.2 Å². The molecule has 0 aliphatic carbocycles. The van der Waals surface area contributed by atoms with E-state index >= 15 is 0 Å². The summed E-state index contributed by atoms with van der Waals surface area (Å²) >= 11 is 0. The first-order valence-electron chi connectivity index (χ1n) is 9.72. The third kappa shape index (κ3) is 3.46. The zero-order chi connectivity index (χ0) is 19.7. The molecule has 0 radical (unpaired) electrons. The number of aliphatic imine (C=N–C) groups is 1. The third-order valence-corrected chi connectivity index (χ3v) is 5.43. The average Bonchev–Trinajstić information content (AvgIpc) is 3.18. The largest absolute Gasteiger partial charge is 0.366 e. The summed E-state index contributed by atoms with van der Waals surface area (Å²) in [5, 5.41) is 0. The van der Waals surface area contributed by atoms with Gasteiger partial charge in [-0.25, -0.2) is 4.39 Å². The minimum absolute atomic E-state index is 0.00489. The molecule has 0 spiro atoms. The maximum absolute atomic E-state index is 14.1. The minimum Gasteiger partial charge on any atom is -0.366 e. The maximum atomic E-state index is 14.1. The Bertz CT molecular complexity index is 919. The first-order chi connectivity index (χ1) is 13.5. The lowest BCUT2D eigenvalue weighted by Gasteiger charge is -2.38. The number of rotatable bonds is 2. The Morgan fingerprint density at radius 3 is 2.39 bits per heavy atom. The van der Waals surface area contributed by atoms with Gasteiger partial charge in [0, 0.05) is 38.3 Å². The van der Waals surface area contributed by atoms with Crippen LogP contribution in [-0.2, 0) is 0 Å². The Morgan fingerprint density at radius 2 is 1.68 bits per heavy atom. The van der Waals surface area contributed by atoms with Crippen LogP contribution in [0.2, 0.25) is 0 Å². The van der Waals surface area contributed by atoms with Crippen molar-refractivity contribution in [1.29, 1.82) is 0 Å². The monoisotopic (exact) mass is 380 g/mol. The number of aryl methyl sites for hydroxylation is 2. The Balaban J connectivity index is 1.46. The van der Waals surface area contributed by atoms with Gasteiger partial charge in [-0.3, -0.25) is 14.7 Å². The van der Waals surface area contributed by atoms with Gasteiger partial charge in [-0.2, -0.15) is 0 Å². The SMILES string of the molecule is Cc1ccc(C(=O)N2CCN=C2N2CCN(c3ccccc3F)CC2)c(C)c1. The van der Waals surface area contributed by atoms with Crippen molar-refractivity contribution in [1.82, 2.24) is 9.80 Å². The van der Waals surface area contributed by atoms with Crippen molar-refractivity contribution in [2.24, 2.45) is 4.99 Å². The fourth-order valence-corrected chi connectivity index (χ4v) is 3.95. The maximum Gasteiger partial charge on any atom is 0.260 e. The molecule has 4 rings (SSSR count). The quantitative estimate of drug-likeness (QED) is 0.804. The van der Waals surface area contributed by atoms with Crippen LogP contribution in [0.5, 0.6) is 0 Å². The molecule has 2 aromatic rings. The van der Waals surface area contributed by atoms with E-state index in [0.29, 0.717) is 45.0 Å². The molecule has 0 saturated carbocycles. The Hall–Kier alpha value is -2.89. The lowest BCUT2D eigenvalue weighted by Crippen LogP contribution is -2.53. The van der Waals surface area contributed by atoms with E-state index in [0.717, 1.165) is 22.6 Å². The van der Waals surface area contributed by atoms with Crippen molar-refractivity contribution in [3.8, 4) is 0 Å². The first-order valence-corrected chi connectivity index (χ1v) is 9.72. The predicted octanol–water partition coefficient (Wildman–Crippen LogP) is 3.08. The van der Waals surface area contributed by atoms with Crippen LogP contribution < -0.4 is 4.90 Å². The number of halogens is 1. The van der Waals surface area contributed by atoms with Gasteiger partial charge in [0.25, 0.3) is 5.91 Å². The number of amides is 1. The van der Waals surface area contributed by atoms with Crippen molar-refractivity contribution in [3.63, 3.8) is 0 Å². The van der Waals surface area contributed by atoms with Crippen LogP contribution in [0.1, 0.15) is 21.5 Å². The highest BCUT2D eigenvalue weighted by Gasteiger charge is 2.31. The van der Waals surface area contributed by atoms with Crippen LogP contribution in [0.4, 0.5) is 10.1 Å². The molecule has 0 N–H and O–H groups in total. The summed E-state index contributed by atoms with van der Waals surface area (Å²) in [7, 11) is 0. The lowest BCUT2D eigenvalue weighted by molar-refractivity contribution is 0.0842. The Morgan fingerprint density at radius 1 is 0.964 bits per heavy atom. The van der Waals surface area contributed by atoms with Crippen LogP contribution >= 0.6 is 0 Å². The summed E-state index contributed by atoms with van der Waals surface area (Å²) < 4.78 is 14.1. The first kappa shape index (κ1) is 18.5. The number of nitrogens with zero attached hydrogens (tertiary/aromatic N) is 4. The third-order valence-electron chi connectivity index (χ3n) is 5.43. The van der Waals surface area contributed by atoms with Gasteiger partial charge in [0.15, 0.2) is 0 Å². The van der Waals surface area contributed by atoms with Crippen molar-refractivity contribution in [2.75, 3.05) is 44.2 Å². The molecule has 28 heavy (non-hydrogen) atoms. The van der Waals surface area contributed by atoms with E-state index in [1.165, 1.54) is 6.07 Å². The zero-order valence-electron chi connectivity index (χ0n) is 16.4. The highest BCUT2D eigenvalue weighted by atomic mass is 19.1. The van der Waals surface area contributed by atoms with E-state index in [-0.39, 0.29) is 11.7 Å². The Labute approximate surface area is 165 Å². The standard InChI is InChI=1S/C22H25FN4O/c1-16-7-8-18(17(2)15-16)21(28)27-10-9-24-22(27)26-13-11-25(12-14-26)20-6-4-3-5-19(20)23/h3-8,15H,9-14H2,1-2H3. The van der Waals surface area contributed by atoms with Gasteiger partial charge in [-0.1, -0.05) is 29.8 Å². The van der Waals surface area contributed by atoms with Crippen LogP contribution in [0.15, 0.2) is 47.5 Å². The normalized spacial score (nSPS) is 17.1. The molecule has 0 unspecified atom stereocenters. The van der Waals surface area contributed by atoms with E-state index in [4.69, 9.17) is 0 Å². The molecule has 2 aliphatic heterocycles. The molecule has 6 heteroatoms. The molecule has 0 atom stereocenters. The number of hydrogen-bond acceptors (Lipinski definition) is 4. The van der Waals surface area contributed by atoms with Gasteiger partial charge in [-0.15, -0.1) is 0 Å². The van der Waals surface area contributed by atoms with Crippen LogP contribution in [-0.4, -0.2) is 60.9 Å². The molecule has 0 bridgehead atoms. The summed E-state index contributed by atoms with van der Waals surface area (Å²) in [5.74, 6) is 0.559. The molecule has 0 aromatic heterocycles. The van der Waals surface area contributed by atoms with Crippen molar-refractivity contribution < 1.29 is 9.18 Å². The number of anilines is 1. The zero-order valence-corrected chi connectivity index (χ0v) is 16.4. The summed E-state index contributed by atoms with van der Waals surface area (Å²) in [5.41, 5.74) is 3.50. The van der Waals surface area contributed by atoms with Gasteiger partial charge >= 0.3 is 0 Å². The number of piperazine rings is 1. The number of guanidine groups is 1. The fourth-order valence-electron chi connectivity index (χ4n) is 3.95. The molecule has 1 saturated heterocycles. The molecule has 5 nitrogen and oxygen atoms in total. The second-order valence-corrected chi connectivity index (χ2v) is 7.38. The molecular formula is C22H25FN4O. The number of carbonyl (C=O) groups is 1. The second-order valence-electron chi connectivity index (χ2n) is 7.38. The fraction of sp³-hybridized carbons (Fsp3) is 0.364. The van der Waals surface area contributed by atoms with Gasteiger partial charge < -0.3 is 9.80 Å². The van der Waals surface area contributed by atoms with Gasteiger partial charge in [-0.05, 0) is 37.6 Å². The summed E-state index contributed by atoms with van der Waals surface area (Å²) in [6, 6.07) is 12.8. The van der Waals surface area contributed by atoms with E-state index < -0.39 is 0 Å². The minimum atomic E-state index is -0.194. The van der Waals surface area contributed by atoms with Crippen molar-refractivity contribution in [3.05, 3.63) is 65.0 Å². The van der Waals surface area contributed by atoms with Crippen LogP contribution in [0, 0.1) is 19.7 Å². The molecule has 2 aromatic carbocycles. The lowest BCUT2D eigenvalue weighted by atomic mass is 10.0. The molecule has 2 aliphatic rings. The van der Waals surface area contributed by atoms with Gasteiger partial charge in [0.1, 0.15) is 5.82 Å². The topological polar surface area (TPSA) is 39.2 Å². The smallest absolute Gasteiger partial charge is 0.260 e. The summed E-state index contributed by atoms with van der Waals surface area (Å²) in [4.78, 5) is 23.7. The van der Waals surface area contributed by atoms with Crippen LogP contribution in [0.3, 0.4) is 0 Å². The average molecular weight is 380 g/mol. The number of hydrogen-bond donors (Lipinski definition) is 0.